The lowest BCUT2D eigenvalue weighted by molar-refractivity contribution is -0.126. The molecule has 0 aromatic heterocycles. The predicted octanol–water partition coefficient (Wildman–Crippen LogP) is 5.08. The van der Waals surface area contributed by atoms with Crippen LogP contribution in [0.15, 0.2) is 34.6 Å². The van der Waals surface area contributed by atoms with Crippen LogP contribution in [-0.4, -0.2) is 34.8 Å². The highest BCUT2D eigenvalue weighted by Gasteiger charge is 2.50. The quantitative estimate of drug-likeness (QED) is 0.312. The van der Waals surface area contributed by atoms with Gasteiger partial charge in [0.2, 0.25) is 0 Å². The summed E-state index contributed by atoms with van der Waals surface area (Å²) in [5, 5.41) is 11.6. The summed E-state index contributed by atoms with van der Waals surface area (Å²) in [7, 11) is 1.68. The molecular weight excluding hydrogens is 362 g/mol. The number of fused-ring (bicyclic) bond motifs is 1. The van der Waals surface area contributed by atoms with Crippen molar-refractivity contribution in [3.63, 3.8) is 0 Å². The first-order valence-corrected chi connectivity index (χ1v) is 11.2. The summed E-state index contributed by atoms with van der Waals surface area (Å²) in [6.45, 7) is 12.4. The van der Waals surface area contributed by atoms with Crippen molar-refractivity contribution in [2.45, 2.75) is 66.8 Å². The molecule has 0 aromatic carbocycles. The van der Waals surface area contributed by atoms with Crippen molar-refractivity contribution in [2.24, 2.45) is 35.5 Å². The van der Waals surface area contributed by atoms with Crippen LogP contribution in [0.1, 0.15) is 60.8 Å². The number of likely N-dealkylation sites (tertiary alicyclic amines) is 1. The number of aliphatic hydroxyl groups is 1. The van der Waals surface area contributed by atoms with Crippen LogP contribution in [0.5, 0.6) is 0 Å². The SMILES string of the molecule is C/C=C(\C)C1C(C)=CC2CCCC(C)C2C1/C(O)=C1\C(=O)C(C(C)C)N(C)C1=O. The molecular formula is C25H37NO3. The van der Waals surface area contributed by atoms with E-state index in [1.54, 1.807) is 7.05 Å². The second-order valence-corrected chi connectivity index (χ2v) is 9.83. The zero-order valence-corrected chi connectivity index (χ0v) is 19.0. The summed E-state index contributed by atoms with van der Waals surface area (Å²) in [6.07, 6.45) is 7.93. The predicted molar refractivity (Wildman–Crippen MR) is 116 cm³/mol. The average Bonchev–Trinajstić information content (AvgIpc) is 2.88. The van der Waals surface area contributed by atoms with E-state index in [4.69, 9.17) is 0 Å². The van der Waals surface area contributed by atoms with Crippen LogP contribution in [0.3, 0.4) is 0 Å². The molecule has 4 nitrogen and oxygen atoms in total. The number of aliphatic hydroxyl groups excluding tert-OH is 1. The van der Waals surface area contributed by atoms with Gasteiger partial charge in [-0.1, -0.05) is 56.9 Å². The van der Waals surface area contributed by atoms with E-state index in [-0.39, 0.29) is 46.7 Å². The van der Waals surface area contributed by atoms with Gasteiger partial charge < -0.3 is 10.0 Å². The lowest BCUT2D eigenvalue weighted by atomic mass is 9.57. The van der Waals surface area contributed by atoms with Gasteiger partial charge in [-0.2, -0.15) is 0 Å². The number of hydrogen-bond donors (Lipinski definition) is 1. The van der Waals surface area contributed by atoms with Gasteiger partial charge in [-0.05, 0) is 50.9 Å². The molecule has 0 aromatic rings. The summed E-state index contributed by atoms with van der Waals surface area (Å²) in [6, 6.07) is -0.485. The van der Waals surface area contributed by atoms with Gasteiger partial charge in [0.1, 0.15) is 11.3 Å². The van der Waals surface area contributed by atoms with Gasteiger partial charge in [-0.3, -0.25) is 9.59 Å². The van der Waals surface area contributed by atoms with Crippen molar-refractivity contribution in [3.8, 4) is 0 Å². The lowest BCUT2D eigenvalue weighted by Gasteiger charge is -2.47. The Morgan fingerprint density at radius 1 is 1.28 bits per heavy atom. The molecule has 3 aliphatic rings. The van der Waals surface area contributed by atoms with E-state index in [2.05, 4.69) is 32.9 Å². The number of allylic oxidation sites excluding steroid dienone is 5. The van der Waals surface area contributed by atoms with Gasteiger partial charge in [-0.25, -0.2) is 0 Å². The van der Waals surface area contributed by atoms with Crippen molar-refractivity contribution >= 4 is 11.7 Å². The van der Waals surface area contributed by atoms with Crippen molar-refractivity contribution in [1.29, 1.82) is 0 Å². The maximum Gasteiger partial charge on any atom is 0.261 e. The molecule has 160 valence electrons. The zero-order chi connectivity index (χ0) is 21.6. The molecule has 1 amide bonds. The van der Waals surface area contributed by atoms with Crippen molar-refractivity contribution in [2.75, 3.05) is 7.05 Å². The van der Waals surface area contributed by atoms with E-state index in [0.29, 0.717) is 11.8 Å². The molecule has 1 N–H and O–H groups in total. The highest BCUT2D eigenvalue weighted by molar-refractivity contribution is 6.26. The molecule has 1 saturated heterocycles. The molecule has 1 saturated carbocycles. The lowest BCUT2D eigenvalue weighted by Crippen LogP contribution is -2.42. The first-order valence-electron chi connectivity index (χ1n) is 11.2. The molecule has 1 heterocycles. The second kappa shape index (κ2) is 8.12. The fraction of sp³-hybridized carbons (Fsp3) is 0.680. The number of ketones is 1. The molecule has 0 radical (unpaired) electrons. The van der Waals surface area contributed by atoms with Crippen molar-refractivity contribution in [1.82, 2.24) is 4.90 Å². The van der Waals surface area contributed by atoms with Gasteiger partial charge in [-0.15, -0.1) is 0 Å². The number of likely N-dealkylation sites (N-methyl/N-ethyl adjacent to an activating group) is 1. The minimum atomic E-state index is -0.485. The minimum Gasteiger partial charge on any atom is -0.511 e. The standard InChI is InChI=1S/C25H37NO3/c1-8-14(4)18-16(6)12-17-11-9-10-15(5)19(17)20(18)23(27)21-24(28)22(13(2)3)26(7)25(21)29/h8,12-13,15,17-20,22,27H,9-11H2,1-7H3/b14-8+,23-21-. The summed E-state index contributed by atoms with van der Waals surface area (Å²) in [5.41, 5.74) is 2.48. The molecule has 4 heteroatoms. The number of carbonyl (C=O) groups excluding carboxylic acids is 2. The van der Waals surface area contributed by atoms with Crippen LogP contribution in [0.4, 0.5) is 0 Å². The Balaban J connectivity index is 2.18. The monoisotopic (exact) mass is 399 g/mol. The van der Waals surface area contributed by atoms with Crippen molar-refractivity contribution in [3.05, 3.63) is 34.6 Å². The summed E-state index contributed by atoms with van der Waals surface area (Å²) in [5.74, 6) is 0.452. The smallest absolute Gasteiger partial charge is 0.261 e. The fourth-order valence-corrected chi connectivity index (χ4v) is 6.29. The maximum atomic E-state index is 13.2. The zero-order valence-electron chi connectivity index (χ0n) is 19.0. The van der Waals surface area contributed by atoms with Gasteiger partial charge in [0, 0.05) is 18.9 Å². The second-order valence-electron chi connectivity index (χ2n) is 9.83. The van der Waals surface area contributed by atoms with Gasteiger partial charge in [0.15, 0.2) is 5.78 Å². The van der Waals surface area contributed by atoms with Gasteiger partial charge in [0.05, 0.1) is 6.04 Å². The van der Waals surface area contributed by atoms with E-state index < -0.39 is 6.04 Å². The number of amides is 1. The van der Waals surface area contributed by atoms with Crippen LogP contribution in [-0.2, 0) is 9.59 Å². The van der Waals surface area contributed by atoms with Crippen LogP contribution in [0, 0.1) is 35.5 Å². The van der Waals surface area contributed by atoms with E-state index in [1.807, 2.05) is 20.8 Å². The van der Waals surface area contributed by atoms with Crippen LogP contribution in [0.25, 0.3) is 0 Å². The first-order chi connectivity index (χ1) is 13.6. The molecule has 29 heavy (non-hydrogen) atoms. The average molecular weight is 400 g/mol. The third-order valence-corrected chi connectivity index (χ3v) is 7.71. The fourth-order valence-electron chi connectivity index (χ4n) is 6.29. The molecule has 6 atom stereocenters. The Morgan fingerprint density at radius 3 is 2.48 bits per heavy atom. The van der Waals surface area contributed by atoms with Crippen LogP contribution < -0.4 is 0 Å². The van der Waals surface area contributed by atoms with Crippen molar-refractivity contribution < 1.29 is 14.7 Å². The van der Waals surface area contributed by atoms with E-state index in [1.165, 1.54) is 22.5 Å². The number of nitrogens with zero attached hydrogens (tertiary/aromatic N) is 1. The summed E-state index contributed by atoms with van der Waals surface area (Å²) >= 11 is 0. The first kappa shape index (κ1) is 21.9. The van der Waals surface area contributed by atoms with Gasteiger partial charge >= 0.3 is 0 Å². The minimum absolute atomic E-state index is 0.0177. The third-order valence-electron chi connectivity index (χ3n) is 7.71. The number of Topliss-reactive ketones (excluding diaryl/α,β-unsaturated/α-hetero) is 1. The molecule has 2 aliphatic carbocycles. The van der Waals surface area contributed by atoms with Crippen LogP contribution in [0.2, 0.25) is 0 Å². The molecule has 1 aliphatic heterocycles. The Hall–Kier alpha value is -1.84. The van der Waals surface area contributed by atoms with E-state index >= 15 is 0 Å². The largest absolute Gasteiger partial charge is 0.511 e. The maximum absolute atomic E-state index is 13.2. The summed E-state index contributed by atoms with van der Waals surface area (Å²) in [4.78, 5) is 27.8. The summed E-state index contributed by atoms with van der Waals surface area (Å²) < 4.78 is 0. The number of rotatable bonds is 3. The molecule has 6 unspecified atom stereocenters. The van der Waals surface area contributed by atoms with E-state index in [9.17, 15) is 14.7 Å². The molecule has 3 rings (SSSR count). The molecule has 0 bridgehead atoms. The van der Waals surface area contributed by atoms with Crippen LogP contribution >= 0.6 is 0 Å². The Bertz CT molecular complexity index is 788. The number of carbonyl (C=O) groups is 2. The Labute approximate surface area is 175 Å². The Kier molecular flexibility index (Phi) is 6.12. The normalized spacial score (nSPS) is 37.7. The topological polar surface area (TPSA) is 57.6 Å². The number of hydrogen-bond acceptors (Lipinski definition) is 3. The highest BCUT2D eigenvalue weighted by atomic mass is 16.3. The molecule has 0 spiro atoms. The van der Waals surface area contributed by atoms with E-state index in [0.717, 1.165) is 12.8 Å². The highest BCUT2D eigenvalue weighted by Crippen LogP contribution is 2.52. The molecule has 2 fully saturated rings. The Morgan fingerprint density at radius 2 is 1.93 bits per heavy atom. The third kappa shape index (κ3) is 3.49. The van der Waals surface area contributed by atoms with Gasteiger partial charge in [0.25, 0.3) is 5.91 Å².